The van der Waals surface area contributed by atoms with Crippen LogP contribution in [0.5, 0.6) is 5.75 Å². The van der Waals surface area contributed by atoms with E-state index >= 15 is 0 Å². The maximum Gasteiger partial charge on any atom is 0.208 e. The Balaban J connectivity index is 2.16. The quantitative estimate of drug-likeness (QED) is 0.837. The molecular weight excluding hydrogens is 336 g/mol. The number of rotatable bonds is 3. The van der Waals surface area contributed by atoms with Crippen LogP contribution in [0, 0.1) is 22.8 Å². The molecule has 1 N–H and O–H groups in total. The van der Waals surface area contributed by atoms with Gasteiger partial charge in [-0.2, -0.15) is 10.5 Å². The number of fused-ring (bicyclic) bond motifs is 1. The number of hydrogen-bond acceptors (Lipinski definition) is 6. The third kappa shape index (κ3) is 2.84. The van der Waals surface area contributed by atoms with Gasteiger partial charge in [-0.1, -0.05) is 25.6 Å². The van der Waals surface area contributed by atoms with Crippen molar-refractivity contribution in [2.24, 2.45) is 4.99 Å². The molecule has 0 bridgehead atoms. The van der Waals surface area contributed by atoms with Gasteiger partial charge in [0.2, 0.25) is 6.19 Å². The monoisotopic (exact) mass is 356 g/mol. The molecule has 1 saturated heterocycles. The molecule has 2 atom stereocenters. The molecule has 1 fully saturated rings. The molecule has 0 aromatic heterocycles. The summed E-state index contributed by atoms with van der Waals surface area (Å²) in [5, 5.41) is 30.1. The topological polar surface area (TPSA) is 92.6 Å². The van der Waals surface area contributed by atoms with Gasteiger partial charge in [0.1, 0.15) is 17.5 Å². The van der Waals surface area contributed by atoms with Crippen molar-refractivity contribution in [2.75, 3.05) is 12.3 Å². The number of aliphatic imine (C=N–C) groups is 1. The van der Waals surface area contributed by atoms with E-state index in [2.05, 4.69) is 11.1 Å². The van der Waals surface area contributed by atoms with Gasteiger partial charge in [0.05, 0.1) is 17.7 Å². The Morgan fingerprint density at radius 2 is 2.16 bits per heavy atom. The number of benzene rings is 1. The summed E-state index contributed by atoms with van der Waals surface area (Å²) in [5.41, 5.74) is 0.597. The SMILES string of the molecule is CCC1(CC)Oc2ccc(C#N)cc2[C@@H](N2CCSC2=NC#N)[C@@H]1O. The Kier molecular flexibility index (Phi) is 4.89. The highest BCUT2D eigenvalue weighted by atomic mass is 32.2. The van der Waals surface area contributed by atoms with Gasteiger partial charge in [-0.15, -0.1) is 4.99 Å². The number of nitriles is 2. The van der Waals surface area contributed by atoms with E-state index in [-0.39, 0.29) is 6.04 Å². The summed E-state index contributed by atoms with van der Waals surface area (Å²) >= 11 is 1.51. The molecule has 1 aromatic carbocycles. The van der Waals surface area contributed by atoms with Crippen LogP contribution in [0.3, 0.4) is 0 Å². The van der Waals surface area contributed by atoms with E-state index in [0.29, 0.717) is 35.9 Å². The van der Waals surface area contributed by atoms with E-state index in [1.165, 1.54) is 11.8 Å². The second-order valence-electron chi connectivity index (χ2n) is 6.16. The Morgan fingerprint density at radius 3 is 2.80 bits per heavy atom. The molecule has 1 aromatic rings. The van der Waals surface area contributed by atoms with Crippen LogP contribution in [0.25, 0.3) is 0 Å². The lowest BCUT2D eigenvalue weighted by Gasteiger charge is -2.48. The van der Waals surface area contributed by atoms with Crippen LogP contribution in [-0.4, -0.2) is 39.2 Å². The smallest absolute Gasteiger partial charge is 0.208 e. The molecular formula is C18H20N4O2S. The summed E-state index contributed by atoms with van der Waals surface area (Å²) in [7, 11) is 0. The predicted molar refractivity (Wildman–Crippen MR) is 96.1 cm³/mol. The summed E-state index contributed by atoms with van der Waals surface area (Å²) in [6.07, 6.45) is 2.38. The largest absolute Gasteiger partial charge is 0.484 e. The lowest BCUT2D eigenvalue weighted by Crippen LogP contribution is -2.56. The highest BCUT2D eigenvalue weighted by Gasteiger charge is 2.50. The summed E-state index contributed by atoms with van der Waals surface area (Å²) in [6.45, 7) is 4.69. The second-order valence-corrected chi connectivity index (χ2v) is 7.23. The van der Waals surface area contributed by atoms with E-state index in [1.54, 1.807) is 18.2 Å². The summed E-state index contributed by atoms with van der Waals surface area (Å²) < 4.78 is 6.22. The Hall–Kier alpha value is -2.22. The molecule has 2 aliphatic heterocycles. The average molecular weight is 356 g/mol. The molecule has 6 nitrogen and oxygen atoms in total. The zero-order chi connectivity index (χ0) is 18.0. The minimum Gasteiger partial charge on any atom is -0.484 e. The van der Waals surface area contributed by atoms with Crippen molar-refractivity contribution in [3.8, 4) is 18.0 Å². The van der Waals surface area contributed by atoms with E-state index < -0.39 is 11.7 Å². The molecule has 3 rings (SSSR count). The van der Waals surface area contributed by atoms with Crippen LogP contribution in [0.15, 0.2) is 23.2 Å². The van der Waals surface area contributed by atoms with Gasteiger partial charge >= 0.3 is 0 Å². The van der Waals surface area contributed by atoms with E-state index in [0.717, 1.165) is 11.3 Å². The van der Waals surface area contributed by atoms with Crippen LogP contribution in [0.2, 0.25) is 0 Å². The van der Waals surface area contributed by atoms with Crippen molar-refractivity contribution < 1.29 is 9.84 Å². The molecule has 2 heterocycles. The first-order chi connectivity index (χ1) is 12.1. The number of thioether (sulfide) groups is 1. The number of aliphatic hydroxyl groups is 1. The first-order valence-corrected chi connectivity index (χ1v) is 9.36. The molecule has 0 unspecified atom stereocenters. The highest BCUT2D eigenvalue weighted by Crippen LogP contribution is 2.47. The zero-order valence-corrected chi connectivity index (χ0v) is 15.1. The number of aliphatic hydroxyl groups excluding tert-OH is 1. The van der Waals surface area contributed by atoms with Crippen molar-refractivity contribution in [3.05, 3.63) is 29.3 Å². The molecule has 130 valence electrons. The fourth-order valence-electron chi connectivity index (χ4n) is 3.64. The lowest BCUT2D eigenvalue weighted by atomic mass is 9.79. The average Bonchev–Trinajstić information content (AvgIpc) is 3.09. The summed E-state index contributed by atoms with van der Waals surface area (Å²) in [5.74, 6) is 1.49. The normalized spacial score (nSPS) is 25.8. The van der Waals surface area contributed by atoms with Crippen molar-refractivity contribution in [2.45, 2.75) is 44.4 Å². The molecule has 0 spiro atoms. The summed E-state index contributed by atoms with van der Waals surface area (Å²) in [6, 6.07) is 7.06. The van der Waals surface area contributed by atoms with Crippen LogP contribution in [0.1, 0.15) is 43.9 Å². The zero-order valence-electron chi connectivity index (χ0n) is 14.3. The van der Waals surface area contributed by atoms with Crippen LogP contribution < -0.4 is 4.74 Å². The third-order valence-electron chi connectivity index (χ3n) is 5.10. The van der Waals surface area contributed by atoms with Crippen molar-refractivity contribution in [3.63, 3.8) is 0 Å². The van der Waals surface area contributed by atoms with Gasteiger partial charge in [-0.05, 0) is 31.0 Å². The third-order valence-corrected chi connectivity index (χ3v) is 6.07. The van der Waals surface area contributed by atoms with E-state index in [9.17, 15) is 10.4 Å². The Labute approximate surface area is 151 Å². The number of amidine groups is 1. The minimum atomic E-state index is -0.786. The molecule has 0 saturated carbocycles. The van der Waals surface area contributed by atoms with Crippen molar-refractivity contribution in [1.29, 1.82) is 10.5 Å². The molecule has 0 amide bonds. The number of hydrogen-bond donors (Lipinski definition) is 1. The van der Waals surface area contributed by atoms with E-state index in [4.69, 9.17) is 10.00 Å². The Morgan fingerprint density at radius 1 is 1.40 bits per heavy atom. The van der Waals surface area contributed by atoms with Crippen LogP contribution in [-0.2, 0) is 0 Å². The Bertz CT molecular complexity index is 776. The van der Waals surface area contributed by atoms with Gasteiger partial charge < -0.3 is 14.7 Å². The predicted octanol–water partition coefficient (Wildman–Crippen LogP) is 2.80. The maximum absolute atomic E-state index is 11.2. The summed E-state index contributed by atoms with van der Waals surface area (Å²) in [4.78, 5) is 5.90. The second kappa shape index (κ2) is 6.95. The van der Waals surface area contributed by atoms with Crippen molar-refractivity contribution >= 4 is 16.9 Å². The van der Waals surface area contributed by atoms with Crippen molar-refractivity contribution in [1.82, 2.24) is 4.90 Å². The highest BCUT2D eigenvalue weighted by molar-refractivity contribution is 8.14. The van der Waals surface area contributed by atoms with Gasteiger partial charge in [0.25, 0.3) is 0 Å². The molecule has 0 radical (unpaired) electrons. The number of ether oxygens (including phenoxy) is 1. The van der Waals surface area contributed by atoms with Crippen LogP contribution >= 0.6 is 11.8 Å². The maximum atomic E-state index is 11.2. The molecule has 7 heteroatoms. The van der Waals surface area contributed by atoms with Crippen LogP contribution in [0.4, 0.5) is 0 Å². The molecule has 25 heavy (non-hydrogen) atoms. The molecule has 0 aliphatic carbocycles. The van der Waals surface area contributed by atoms with Gasteiger partial charge in [0, 0.05) is 17.9 Å². The molecule has 2 aliphatic rings. The lowest BCUT2D eigenvalue weighted by molar-refractivity contribution is -0.105. The van der Waals surface area contributed by atoms with Gasteiger partial charge in [-0.3, -0.25) is 0 Å². The van der Waals surface area contributed by atoms with E-state index in [1.807, 2.05) is 24.9 Å². The number of nitrogens with zero attached hydrogens (tertiary/aromatic N) is 4. The minimum absolute atomic E-state index is 0.390. The standard InChI is InChI=1S/C18H20N4O2S/c1-3-18(4-2)16(23)15(22-7-8-25-17(22)21-11-20)13-9-12(10-19)5-6-14(13)24-18/h5-6,9,15-16,23H,3-4,7-8H2,1-2H3/t15-,16+/m1/s1. The fraction of sp³-hybridized carbons (Fsp3) is 0.500. The van der Waals surface area contributed by atoms with Gasteiger partial charge in [0.15, 0.2) is 5.17 Å². The van der Waals surface area contributed by atoms with Gasteiger partial charge in [-0.25, -0.2) is 0 Å². The first-order valence-electron chi connectivity index (χ1n) is 8.37. The first kappa shape index (κ1) is 17.6. The fourth-order valence-corrected chi connectivity index (χ4v) is 4.59.